The molecule has 6 nitrogen and oxygen atoms in total. The minimum absolute atomic E-state index is 0.0797. The van der Waals surface area contributed by atoms with Crippen molar-refractivity contribution in [2.24, 2.45) is 0 Å². The van der Waals surface area contributed by atoms with Gasteiger partial charge in [0.15, 0.2) is 0 Å². The Labute approximate surface area is 121 Å². The Balaban J connectivity index is 2.30. The fraction of sp³-hybridized carbons (Fsp3) is 0.429. The van der Waals surface area contributed by atoms with Crippen molar-refractivity contribution in [2.45, 2.75) is 25.4 Å². The zero-order valence-electron chi connectivity index (χ0n) is 11.5. The van der Waals surface area contributed by atoms with Crippen molar-refractivity contribution in [3.05, 3.63) is 29.6 Å². The van der Waals surface area contributed by atoms with Crippen molar-refractivity contribution in [3.63, 3.8) is 0 Å². The molecular weight excluding hydrogens is 279 g/mol. The third kappa shape index (κ3) is 3.30. The molecule has 0 aromatic heterocycles. The topological polar surface area (TPSA) is 89.9 Å². The number of carbonyl (C=O) groups is 2. The molecule has 0 bridgehead atoms. The summed E-state index contributed by atoms with van der Waals surface area (Å²) < 4.78 is 13.4. The summed E-state index contributed by atoms with van der Waals surface area (Å²) >= 11 is 0. The highest BCUT2D eigenvalue weighted by Gasteiger charge is 2.35. The highest BCUT2D eigenvalue weighted by molar-refractivity contribution is 5.86. The summed E-state index contributed by atoms with van der Waals surface area (Å²) in [7, 11) is 0. The van der Waals surface area contributed by atoms with Crippen LogP contribution in [0, 0.1) is 5.82 Å². The summed E-state index contributed by atoms with van der Waals surface area (Å²) in [6.45, 7) is 2.53. The van der Waals surface area contributed by atoms with E-state index in [1.165, 1.54) is 12.1 Å². The van der Waals surface area contributed by atoms with Crippen LogP contribution in [-0.4, -0.2) is 46.1 Å². The van der Waals surface area contributed by atoms with Crippen molar-refractivity contribution >= 4 is 11.9 Å². The zero-order chi connectivity index (χ0) is 15.6. The molecule has 1 aromatic rings. The molecule has 21 heavy (non-hydrogen) atoms. The molecule has 114 valence electrons. The Bertz CT molecular complexity index is 564. The van der Waals surface area contributed by atoms with Crippen molar-refractivity contribution in [1.29, 1.82) is 0 Å². The molecule has 0 spiro atoms. The van der Waals surface area contributed by atoms with E-state index in [0.717, 1.165) is 6.07 Å². The fourth-order valence-corrected chi connectivity index (χ4v) is 2.61. The molecule has 2 atom stereocenters. The minimum Gasteiger partial charge on any atom is -0.508 e. The molecule has 0 saturated carbocycles. The van der Waals surface area contributed by atoms with Gasteiger partial charge in [-0.05, 0) is 25.1 Å². The molecule has 1 aliphatic heterocycles. The predicted octanol–water partition coefficient (Wildman–Crippen LogP) is 0.867. The number of hydrogen-bond acceptors (Lipinski definition) is 4. The molecule has 1 saturated heterocycles. The molecule has 3 N–H and O–H groups in total. The molecule has 0 aliphatic carbocycles. The third-order valence-corrected chi connectivity index (χ3v) is 3.68. The Morgan fingerprint density at radius 3 is 2.95 bits per heavy atom. The van der Waals surface area contributed by atoms with Crippen LogP contribution in [-0.2, 0) is 9.59 Å². The van der Waals surface area contributed by atoms with Crippen LogP contribution in [0.4, 0.5) is 4.39 Å². The molecular formula is C14H17FN2O4. The first-order valence-corrected chi connectivity index (χ1v) is 6.64. The van der Waals surface area contributed by atoms with Gasteiger partial charge in [0.1, 0.15) is 17.6 Å². The van der Waals surface area contributed by atoms with Crippen LogP contribution in [0.25, 0.3) is 0 Å². The Hall–Kier alpha value is -2.15. The number of nitrogens with one attached hydrogen (secondary N) is 1. The Morgan fingerprint density at radius 1 is 1.57 bits per heavy atom. The summed E-state index contributed by atoms with van der Waals surface area (Å²) in [5.74, 6) is -2.03. The van der Waals surface area contributed by atoms with E-state index < -0.39 is 23.9 Å². The standard InChI is InChI=1S/C14H17FN2O4/c1-8(10-6-9(15)2-3-12(10)18)17-5-4-16-14(21)11(17)7-13(19)20/h2-3,6,8,11,18H,4-5,7H2,1H3,(H,16,21)(H,19,20). The Morgan fingerprint density at radius 2 is 2.29 bits per heavy atom. The smallest absolute Gasteiger partial charge is 0.305 e. The number of nitrogens with zero attached hydrogens (tertiary/aromatic N) is 1. The van der Waals surface area contributed by atoms with E-state index in [0.29, 0.717) is 18.7 Å². The number of carboxylic acids is 1. The second-order valence-corrected chi connectivity index (χ2v) is 5.02. The maximum Gasteiger partial charge on any atom is 0.305 e. The van der Waals surface area contributed by atoms with Crippen LogP contribution in [0.15, 0.2) is 18.2 Å². The van der Waals surface area contributed by atoms with Gasteiger partial charge >= 0.3 is 5.97 Å². The van der Waals surface area contributed by atoms with Crippen molar-refractivity contribution in [1.82, 2.24) is 10.2 Å². The number of rotatable bonds is 4. The van der Waals surface area contributed by atoms with Crippen molar-refractivity contribution < 1.29 is 24.2 Å². The maximum atomic E-state index is 13.4. The van der Waals surface area contributed by atoms with Gasteiger partial charge in [0.2, 0.25) is 5.91 Å². The van der Waals surface area contributed by atoms with Gasteiger partial charge in [0.25, 0.3) is 0 Å². The first-order chi connectivity index (χ1) is 9.90. The van der Waals surface area contributed by atoms with E-state index >= 15 is 0 Å². The summed E-state index contributed by atoms with van der Waals surface area (Å²) in [4.78, 5) is 24.5. The number of carbonyl (C=O) groups excluding carboxylic acids is 1. The monoisotopic (exact) mass is 296 g/mol. The lowest BCUT2D eigenvalue weighted by atomic mass is 10.00. The first kappa shape index (κ1) is 15.2. The van der Waals surface area contributed by atoms with Crippen LogP contribution >= 0.6 is 0 Å². The predicted molar refractivity (Wildman–Crippen MR) is 72.2 cm³/mol. The molecule has 2 unspecified atom stereocenters. The van der Waals surface area contributed by atoms with Gasteiger partial charge in [-0.1, -0.05) is 0 Å². The second kappa shape index (κ2) is 6.09. The molecule has 2 rings (SSSR count). The lowest BCUT2D eigenvalue weighted by Crippen LogP contribution is -2.56. The fourth-order valence-electron chi connectivity index (χ4n) is 2.61. The van der Waals surface area contributed by atoms with Gasteiger partial charge in [-0.25, -0.2) is 4.39 Å². The van der Waals surface area contributed by atoms with E-state index in [9.17, 15) is 19.1 Å². The van der Waals surface area contributed by atoms with E-state index in [1.54, 1.807) is 11.8 Å². The summed E-state index contributed by atoms with van der Waals surface area (Å²) in [5.41, 5.74) is 0.333. The second-order valence-electron chi connectivity index (χ2n) is 5.02. The molecule has 1 aliphatic rings. The number of phenols is 1. The molecule has 1 amide bonds. The van der Waals surface area contributed by atoms with Crippen LogP contribution in [0.1, 0.15) is 24.9 Å². The number of aromatic hydroxyl groups is 1. The largest absolute Gasteiger partial charge is 0.508 e. The van der Waals surface area contributed by atoms with Gasteiger partial charge in [0, 0.05) is 24.7 Å². The maximum absolute atomic E-state index is 13.4. The van der Waals surface area contributed by atoms with Crippen molar-refractivity contribution in [2.75, 3.05) is 13.1 Å². The minimum atomic E-state index is -1.09. The zero-order valence-corrected chi connectivity index (χ0v) is 11.5. The molecule has 0 radical (unpaired) electrons. The molecule has 7 heteroatoms. The average molecular weight is 296 g/mol. The number of piperazine rings is 1. The SMILES string of the molecule is CC(c1cc(F)ccc1O)N1CCNC(=O)C1CC(=O)O. The lowest BCUT2D eigenvalue weighted by Gasteiger charge is -2.38. The molecule has 1 heterocycles. The number of hydrogen-bond donors (Lipinski definition) is 3. The number of phenolic OH excluding ortho intramolecular Hbond substituents is 1. The third-order valence-electron chi connectivity index (χ3n) is 3.68. The molecule has 1 fully saturated rings. The summed E-state index contributed by atoms with van der Waals surface area (Å²) in [6, 6.07) is 2.27. The van der Waals surface area contributed by atoms with Gasteiger partial charge < -0.3 is 15.5 Å². The Kier molecular flexibility index (Phi) is 4.42. The van der Waals surface area contributed by atoms with Crippen molar-refractivity contribution in [3.8, 4) is 5.75 Å². The van der Waals surface area contributed by atoms with E-state index in [1.807, 2.05) is 0 Å². The summed E-state index contributed by atoms with van der Waals surface area (Å²) in [5, 5.41) is 21.4. The molecule has 1 aromatic carbocycles. The number of aliphatic carboxylic acids is 1. The highest BCUT2D eigenvalue weighted by Crippen LogP contribution is 2.31. The van der Waals surface area contributed by atoms with Crippen LogP contribution in [0.3, 0.4) is 0 Å². The highest BCUT2D eigenvalue weighted by atomic mass is 19.1. The number of benzene rings is 1. The van der Waals surface area contributed by atoms with E-state index in [-0.39, 0.29) is 18.1 Å². The number of halogens is 1. The van der Waals surface area contributed by atoms with Gasteiger partial charge in [0.05, 0.1) is 6.42 Å². The number of carboxylic acid groups (broad SMARTS) is 1. The van der Waals surface area contributed by atoms with Crippen LogP contribution in [0.2, 0.25) is 0 Å². The van der Waals surface area contributed by atoms with Crippen LogP contribution < -0.4 is 5.32 Å². The van der Waals surface area contributed by atoms with Gasteiger partial charge in [-0.2, -0.15) is 0 Å². The van der Waals surface area contributed by atoms with E-state index in [4.69, 9.17) is 5.11 Å². The normalized spacial score (nSPS) is 20.9. The van der Waals surface area contributed by atoms with E-state index in [2.05, 4.69) is 5.32 Å². The lowest BCUT2D eigenvalue weighted by molar-refractivity contribution is -0.143. The quantitative estimate of drug-likeness (QED) is 0.767. The van der Waals surface area contributed by atoms with Gasteiger partial charge in [-0.3, -0.25) is 14.5 Å². The number of amides is 1. The average Bonchev–Trinajstić information content (AvgIpc) is 2.42. The summed E-state index contributed by atoms with van der Waals surface area (Å²) in [6.07, 6.45) is -0.341. The van der Waals surface area contributed by atoms with Crippen LogP contribution in [0.5, 0.6) is 5.75 Å². The van der Waals surface area contributed by atoms with Gasteiger partial charge in [-0.15, -0.1) is 0 Å². The first-order valence-electron chi connectivity index (χ1n) is 6.64.